The van der Waals surface area contributed by atoms with Crippen LogP contribution >= 0.6 is 63.7 Å². The highest BCUT2D eigenvalue weighted by molar-refractivity contribution is 9.11. The quantitative estimate of drug-likeness (QED) is 0.00791. The molecule has 0 aliphatic heterocycles. The van der Waals surface area contributed by atoms with Gasteiger partial charge in [0.2, 0.25) is 17.7 Å². The Kier molecular flexibility index (Phi) is 47.2. The fraction of sp³-hybridized carbons (Fsp3) is 0.487. The van der Waals surface area contributed by atoms with Crippen molar-refractivity contribution in [1.82, 2.24) is 24.9 Å². The molecule has 5 aromatic carbocycles. The molecule has 5 aliphatic carbocycles. The lowest BCUT2D eigenvalue weighted by atomic mass is 9.86. The number of aromatic nitrogens is 5. The van der Waals surface area contributed by atoms with E-state index in [0.29, 0.717) is 65.9 Å². The van der Waals surface area contributed by atoms with Gasteiger partial charge in [0, 0.05) is 141 Å². The van der Waals surface area contributed by atoms with Gasteiger partial charge in [-0.15, -0.1) is 0 Å². The van der Waals surface area contributed by atoms with Gasteiger partial charge in [0.25, 0.3) is 0 Å². The zero-order chi connectivity index (χ0) is 108. The maximum absolute atomic E-state index is 12.3. The molecular formula is C119H152Br4N10O17. The molecule has 0 unspecified atom stereocenters. The number of carbonyl (C=O) groups is 6. The molecule has 10 aromatic rings. The second-order valence-corrected chi connectivity index (χ2v) is 43.3. The van der Waals surface area contributed by atoms with E-state index in [9.17, 15) is 39.0 Å². The Morgan fingerprint density at radius 1 is 0.333 bits per heavy atom. The van der Waals surface area contributed by atoms with Crippen LogP contribution in [0.1, 0.15) is 364 Å². The number of rotatable bonds is 35. The summed E-state index contributed by atoms with van der Waals surface area (Å²) in [4.78, 5) is 95.1. The predicted molar refractivity (Wildman–Crippen MR) is 605 cm³/mol. The van der Waals surface area contributed by atoms with Crippen LogP contribution in [0, 0.1) is 69.2 Å². The number of nitrogen functional groups attached to an aromatic ring is 2. The number of nitrogens with one attached hydrogen (secondary N) is 3. The first-order valence-corrected chi connectivity index (χ1v) is 56.1. The van der Waals surface area contributed by atoms with Crippen molar-refractivity contribution in [2.45, 2.75) is 325 Å². The molecule has 0 spiro atoms. The number of ether oxygens (including phenoxy) is 8. The second-order valence-electron chi connectivity index (χ2n) is 40.2. The third-order valence-corrected chi connectivity index (χ3v) is 33.1. The van der Waals surface area contributed by atoms with Crippen LogP contribution in [0.3, 0.4) is 0 Å². The van der Waals surface area contributed by atoms with E-state index >= 15 is 0 Å². The number of halogens is 4. The van der Waals surface area contributed by atoms with Gasteiger partial charge in [-0.2, -0.15) is 0 Å². The maximum atomic E-state index is 12.3. The molecule has 5 heterocycles. The third kappa shape index (κ3) is 34.3. The van der Waals surface area contributed by atoms with Gasteiger partial charge >= 0.3 is 17.9 Å². The lowest BCUT2D eigenvalue weighted by Gasteiger charge is -2.24. The fourth-order valence-corrected chi connectivity index (χ4v) is 22.8. The summed E-state index contributed by atoms with van der Waals surface area (Å²) in [5.41, 5.74) is 42.1. The molecule has 3 amide bonds. The average Bonchev–Trinajstić information content (AvgIpc) is 0.794. The molecule has 0 atom stereocenters. The van der Waals surface area contributed by atoms with Crippen LogP contribution < -0.4 is 41.6 Å². The van der Waals surface area contributed by atoms with Gasteiger partial charge in [-0.05, 0) is 392 Å². The van der Waals surface area contributed by atoms with E-state index in [0.717, 1.165) is 205 Å². The lowest BCUT2D eigenvalue weighted by Crippen LogP contribution is -2.19. The number of hydrogen-bond donors (Lipinski definition) is 8. The first-order valence-electron chi connectivity index (χ1n) is 52.9. The van der Waals surface area contributed by atoms with Gasteiger partial charge in [-0.1, -0.05) is 96.3 Å². The highest BCUT2D eigenvalue weighted by Crippen LogP contribution is 2.46. The van der Waals surface area contributed by atoms with Crippen molar-refractivity contribution >= 4 is 128 Å². The van der Waals surface area contributed by atoms with Crippen molar-refractivity contribution in [3.05, 3.63) is 255 Å². The summed E-state index contributed by atoms with van der Waals surface area (Å²) in [6.45, 7) is 25.1. The number of amides is 3. The number of anilines is 5. The summed E-state index contributed by atoms with van der Waals surface area (Å²) in [5, 5.41) is 37.8. The Morgan fingerprint density at radius 3 is 0.860 bits per heavy atom. The summed E-state index contributed by atoms with van der Waals surface area (Å²) in [6.07, 6.45) is 32.3. The van der Waals surface area contributed by atoms with E-state index in [2.05, 4.69) is 132 Å². The number of carbonyl (C=O) groups excluding carboxylic acids is 5. The second kappa shape index (κ2) is 59.3. The van der Waals surface area contributed by atoms with Crippen molar-refractivity contribution in [3.8, 4) is 28.7 Å². The van der Waals surface area contributed by atoms with E-state index in [-0.39, 0.29) is 57.9 Å². The van der Waals surface area contributed by atoms with Crippen LogP contribution in [-0.2, 0) is 84.6 Å². The highest BCUT2D eigenvalue weighted by atomic mass is 79.9. The van der Waals surface area contributed by atoms with Gasteiger partial charge in [-0.25, -0.2) is 0 Å². The average molecular weight is 2310 g/mol. The molecule has 5 aliphatic rings. The summed E-state index contributed by atoms with van der Waals surface area (Å²) >= 11 is 14.4. The molecule has 0 bridgehead atoms. The van der Waals surface area contributed by atoms with Crippen molar-refractivity contribution in [2.24, 2.45) is 0 Å². The van der Waals surface area contributed by atoms with E-state index in [4.69, 9.17) is 79.4 Å². The number of aliphatic carboxylic acids is 1. The number of carboxylic acid groups (broad SMARTS) is 1. The Bertz CT molecular complexity index is 6280. The monoisotopic (exact) mass is 2310 g/mol. The molecule has 808 valence electrons. The van der Waals surface area contributed by atoms with Crippen LogP contribution in [0.15, 0.2) is 115 Å². The number of aryl methyl sites for hydroxylation is 6. The standard InChI is InChI=1S/C27H35BrN2O5.C25H31BrN2O4.C23H27BrN2O4.C22H29BrN2O2.C22H30N2O2/c1-5-34-25(32)15-24(31)30-22-13-17(2)21(18(3)26(22)28)14-20-11-12-23(35-16-33-4)27(29-20)19-9-7-6-8-10-19;1-4-32-23(31)14-22(30)28-20-12-15(2)19(16(3)24(20)26)13-18-10-11-21(29)25(27-18)17-8-6-5-7-9-17;1-13-10-18(26-20(28)12-21(29)30)22(24)14(2)17(13)11-16-8-9-19(27)23(25-16)15-6-4-3-5-7-15;1-14-11-19(24)21(23)15(2)18(14)12-17-9-10-20(27-13-26-3)22(25-17)16-7-5-4-6-8-16;1-15-11-18(23)12-16(2)20(15)13-19-9-10-21(26-14-25-3)22(24-19)17-7-5-4-6-8-17/h11-13,19H,5-10,14-16H2,1-4H3,(H,30,31);10-12,17,29H,4-9,13-14H2,1-3H3,(H,28,30);8-10,15,27H,3-7,11-12H2,1-2H3,(H,26,28)(H,29,30);9-11,16H,4-8,12-13,24H2,1-3H3;9-12,17H,4-8,13-14,23H2,1-3H3. The molecule has 15 rings (SSSR count). The highest BCUT2D eigenvalue weighted by Gasteiger charge is 2.31. The minimum atomic E-state index is -1.17. The maximum Gasteiger partial charge on any atom is 0.315 e. The Balaban J connectivity index is 0.000000178. The molecule has 150 heavy (non-hydrogen) atoms. The lowest BCUT2D eigenvalue weighted by molar-refractivity contribution is -0.146. The number of aromatic hydroxyl groups is 2. The van der Waals surface area contributed by atoms with E-state index in [1.54, 1.807) is 47.3 Å². The normalized spacial score (nSPS) is 14.6. The minimum Gasteiger partial charge on any atom is -0.506 e. The first kappa shape index (κ1) is 119. The van der Waals surface area contributed by atoms with Crippen molar-refractivity contribution in [1.29, 1.82) is 0 Å². The summed E-state index contributed by atoms with van der Waals surface area (Å²) in [5.74, 6) is 1.49. The van der Waals surface area contributed by atoms with E-state index < -0.39 is 42.1 Å². The smallest absolute Gasteiger partial charge is 0.315 e. The number of benzene rings is 5. The van der Waals surface area contributed by atoms with Gasteiger partial charge < -0.3 is 80.6 Å². The first-order chi connectivity index (χ1) is 72.0. The molecule has 5 fully saturated rings. The molecule has 5 aromatic heterocycles. The summed E-state index contributed by atoms with van der Waals surface area (Å²) < 4.78 is 45.8. The zero-order valence-electron chi connectivity index (χ0n) is 90.0. The summed E-state index contributed by atoms with van der Waals surface area (Å²) in [6, 6.07) is 31.3. The van der Waals surface area contributed by atoms with Crippen molar-refractivity contribution < 1.29 is 82.0 Å². The minimum absolute atomic E-state index is 0.204. The van der Waals surface area contributed by atoms with Gasteiger partial charge in [0.05, 0.1) is 58.7 Å². The predicted octanol–water partition coefficient (Wildman–Crippen LogP) is 27.5. The number of nitrogens with zero attached hydrogens (tertiary/aromatic N) is 5. The largest absolute Gasteiger partial charge is 0.506 e. The van der Waals surface area contributed by atoms with Crippen LogP contribution in [0.5, 0.6) is 28.7 Å². The molecule has 0 radical (unpaired) electrons. The molecule has 0 saturated heterocycles. The number of nitrogens with two attached hydrogens (primary N) is 2. The zero-order valence-corrected chi connectivity index (χ0v) is 96.3. The fourth-order valence-electron chi connectivity index (χ4n) is 21.1. The number of methoxy groups -OCH3 is 3. The number of hydrogen-bond acceptors (Lipinski definition) is 23. The van der Waals surface area contributed by atoms with Gasteiger partial charge in [-0.3, -0.25) is 53.7 Å². The third-order valence-electron chi connectivity index (χ3n) is 29.0. The molecule has 31 heteroatoms. The van der Waals surface area contributed by atoms with Crippen molar-refractivity contribution in [2.75, 3.05) is 82.3 Å². The van der Waals surface area contributed by atoms with Gasteiger partial charge in [0.15, 0.2) is 20.4 Å². The molecular weight excluding hydrogens is 2160 g/mol. The van der Waals surface area contributed by atoms with E-state index in [1.807, 2.05) is 102 Å². The Hall–Kier alpha value is -10.9. The van der Waals surface area contributed by atoms with Gasteiger partial charge in [0.1, 0.15) is 48.0 Å². The number of esters is 2. The SMILES string of the molecule is CCOC(=O)CC(=O)Nc1cc(C)c(Cc2ccc(O)c(C3CCCCC3)n2)c(C)c1Br.CCOC(=O)CC(=O)Nc1cc(C)c(Cc2ccc(OCOC)c(C3CCCCC3)n2)c(C)c1Br.COCOc1ccc(Cc2c(C)cc(N)c(Br)c2C)nc1C1CCCCC1.COCOc1ccc(Cc2c(C)cc(N)cc2C)nc1C1CCCCC1.Cc1cc(NC(=O)CC(=O)O)c(Br)c(C)c1Cc1ccc(O)c(C2CCCCC2)n1. The van der Waals surface area contributed by atoms with Crippen LogP contribution in [0.4, 0.5) is 28.4 Å². The van der Waals surface area contributed by atoms with Crippen LogP contribution in [0.2, 0.25) is 0 Å². The number of pyridine rings is 5. The Labute approximate surface area is 918 Å². The molecule has 10 N–H and O–H groups in total. The molecule has 5 saturated carbocycles. The number of carboxylic acids is 1. The Morgan fingerprint density at radius 2 is 0.580 bits per heavy atom. The summed E-state index contributed by atoms with van der Waals surface area (Å²) in [7, 11) is 4.91. The van der Waals surface area contributed by atoms with Crippen molar-refractivity contribution in [3.63, 3.8) is 0 Å². The van der Waals surface area contributed by atoms with E-state index in [1.165, 1.54) is 155 Å². The van der Waals surface area contributed by atoms with Crippen LogP contribution in [0.25, 0.3) is 0 Å². The topological polar surface area (TPSA) is 390 Å². The molecule has 27 nitrogen and oxygen atoms in total. The van der Waals surface area contributed by atoms with Crippen LogP contribution in [-0.4, -0.2) is 131 Å².